The molecular formula is C20H17FIrN-. The molecule has 3 heteroatoms. The molecule has 0 amide bonds. The van der Waals surface area contributed by atoms with Gasteiger partial charge in [0.2, 0.25) is 0 Å². The van der Waals surface area contributed by atoms with Crippen LogP contribution < -0.4 is 0 Å². The van der Waals surface area contributed by atoms with Crippen LogP contribution in [0.5, 0.6) is 0 Å². The zero-order chi connectivity index (χ0) is 15.6. The van der Waals surface area contributed by atoms with Gasteiger partial charge in [-0.2, -0.15) is 18.6 Å². The van der Waals surface area contributed by atoms with Crippen molar-refractivity contribution in [1.29, 1.82) is 0 Å². The van der Waals surface area contributed by atoms with E-state index in [0.717, 1.165) is 27.8 Å². The van der Waals surface area contributed by atoms with Crippen molar-refractivity contribution >= 4 is 10.8 Å². The SMILES string of the molecule is [CH2-]c1ccc(F)c2c1-c1nccc3c(C)ccc(c13)C2(C)C.[Ir]. The van der Waals surface area contributed by atoms with E-state index in [-0.39, 0.29) is 25.9 Å². The Morgan fingerprint density at radius 2 is 1.83 bits per heavy atom. The molecule has 0 fully saturated rings. The second kappa shape index (κ2) is 5.15. The average molecular weight is 483 g/mol. The molecule has 1 aromatic heterocycles. The van der Waals surface area contributed by atoms with Gasteiger partial charge in [-0.3, -0.25) is 4.98 Å². The van der Waals surface area contributed by atoms with Crippen LogP contribution >= 0.6 is 0 Å². The molecule has 4 rings (SSSR count). The van der Waals surface area contributed by atoms with Crippen molar-refractivity contribution in [1.82, 2.24) is 4.98 Å². The summed E-state index contributed by atoms with van der Waals surface area (Å²) in [5.74, 6) is -0.183. The number of benzene rings is 2. The molecule has 0 unspecified atom stereocenters. The number of pyridine rings is 1. The van der Waals surface area contributed by atoms with Crippen molar-refractivity contribution in [3.8, 4) is 11.3 Å². The van der Waals surface area contributed by atoms with Gasteiger partial charge in [0.15, 0.2) is 0 Å². The molecule has 1 nitrogen and oxygen atoms in total. The summed E-state index contributed by atoms with van der Waals surface area (Å²) >= 11 is 0. The monoisotopic (exact) mass is 483 g/mol. The molecule has 0 atom stereocenters. The second-order valence-electron chi connectivity index (χ2n) is 6.59. The van der Waals surface area contributed by atoms with Crippen LogP contribution in [0.3, 0.4) is 0 Å². The summed E-state index contributed by atoms with van der Waals surface area (Å²) in [6.07, 6.45) is 1.81. The fourth-order valence-corrected chi connectivity index (χ4v) is 3.79. The van der Waals surface area contributed by atoms with Crippen molar-refractivity contribution in [2.75, 3.05) is 0 Å². The summed E-state index contributed by atoms with van der Waals surface area (Å²) in [5, 5.41) is 2.32. The Hall–Kier alpha value is -1.70. The smallest absolute Gasteiger partial charge is 0.103 e. The van der Waals surface area contributed by atoms with E-state index >= 15 is 0 Å². The van der Waals surface area contributed by atoms with Crippen LogP contribution in [0.4, 0.5) is 4.39 Å². The Kier molecular flexibility index (Phi) is 3.62. The molecule has 1 aliphatic rings. The van der Waals surface area contributed by atoms with Gasteiger partial charge >= 0.3 is 0 Å². The van der Waals surface area contributed by atoms with Crippen molar-refractivity contribution in [3.05, 3.63) is 71.5 Å². The predicted molar refractivity (Wildman–Crippen MR) is 88.5 cm³/mol. The molecule has 1 aliphatic carbocycles. The molecular weight excluding hydrogens is 465 g/mol. The number of hydrogen-bond donors (Lipinski definition) is 0. The fourth-order valence-electron chi connectivity index (χ4n) is 3.79. The molecule has 0 saturated carbocycles. The molecule has 1 heterocycles. The first kappa shape index (κ1) is 16.2. The third kappa shape index (κ3) is 2.00. The first-order valence-corrected chi connectivity index (χ1v) is 7.47. The van der Waals surface area contributed by atoms with E-state index in [4.69, 9.17) is 0 Å². The van der Waals surface area contributed by atoms with Gasteiger partial charge in [0.05, 0.1) is 0 Å². The number of halogens is 1. The van der Waals surface area contributed by atoms with E-state index in [1.54, 1.807) is 12.3 Å². The van der Waals surface area contributed by atoms with Crippen molar-refractivity contribution in [2.24, 2.45) is 0 Å². The van der Waals surface area contributed by atoms with Crippen LogP contribution in [0, 0.1) is 19.7 Å². The minimum Gasteiger partial charge on any atom is -0.269 e. The van der Waals surface area contributed by atoms with E-state index in [1.165, 1.54) is 17.0 Å². The molecule has 0 aliphatic heterocycles. The van der Waals surface area contributed by atoms with Gasteiger partial charge in [0.1, 0.15) is 5.82 Å². The minimum atomic E-state index is -0.408. The number of aryl methyl sites for hydroxylation is 1. The third-order valence-corrected chi connectivity index (χ3v) is 4.92. The predicted octanol–water partition coefficient (Wildman–Crippen LogP) is 5.17. The van der Waals surface area contributed by atoms with Crippen LogP contribution in [0.2, 0.25) is 0 Å². The van der Waals surface area contributed by atoms with Crippen LogP contribution in [0.1, 0.15) is 36.1 Å². The Morgan fingerprint density at radius 1 is 1.09 bits per heavy atom. The van der Waals surface area contributed by atoms with Crippen LogP contribution in [0.25, 0.3) is 22.0 Å². The normalized spacial score (nSPS) is 14.3. The Bertz CT molecular complexity index is 944. The average Bonchev–Trinajstić information content (AvgIpc) is 2.48. The Morgan fingerprint density at radius 3 is 2.57 bits per heavy atom. The topological polar surface area (TPSA) is 12.9 Å². The first-order valence-electron chi connectivity index (χ1n) is 7.47. The maximum absolute atomic E-state index is 14.6. The van der Waals surface area contributed by atoms with Gasteiger partial charge in [-0.15, -0.1) is 0 Å². The molecule has 3 aromatic rings. The summed E-state index contributed by atoms with van der Waals surface area (Å²) in [5.41, 5.74) is 5.18. The van der Waals surface area contributed by atoms with Gasteiger partial charge < -0.3 is 0 Å². The van der Waals surface area contributed by atoms with E-state index < -0.39 is 5.41 Å². The van der Waals surface area contributed by atoms with Gasteiger partial charge in [-0.1, -0.05) is 37.6 Å². The zero-order valence-electron chi connectivity index (χ0n) is 13.3. The summed E-state index contributed by atoms with van der Waals surface area (Å²) in [6, 6.07) is 9.52. The van der Waals surface area contributed by atoms with E-state index in [1.807, 2.05) is 6.07 Å². The molecule has 0 N–H and O–H groups in total. The van der Waals surface area contributed by atoms with Crippen LogP contribution in [0.15, 0.2) is 36.5 Å². The summed E-state index contributed by atoms with van der Waals surface area (Å²) in [7, 11) is 0. The van der Waals surface area contributed by atoms with Crippen LogP contribution in [-0.2, 0) is 25.5 Å². The standard InChI is InChI=1S/C20H17FN.Ir/c1-11-5-7-14-17-13(11)9-10-22-19(17)16-12(2)6-8-15(21)18(16)20(14,3)4;/h5-10H,2H2,1,3-4H3;/q-1;. The fraction of sp³-hybridized carbons (Fsp3) is 0.200. The quantitative estimate of drug-likeness (QED) is 0.403. The summed E-state index contributed by atoms with van der Waals surface area (Å²) < 4.78 is 14.6. The Labute approximate surface area is 149 Å². The van der Waals surface area contributed by atoms with Crippen molar-refractivity contribution in [3.63, 3.8) is 0 Å². The van der Waals surface area contributed by atoms with Crippen molar-refractivity contribution in [2.45, 2.75) is 26.2 Å². The van der Waals surface area contributed by atoms with Gasteiger partial charge in [-0.25, -0.2) is 4.39 Å². The van der Waals surface area contributed by atoms with Gasteiger partial charge in [-0.05, 0) is 40.5 Å². The van der Waals surface area contributed by atoms with Crippen LogP contribution in [-0.4, -0.2) is 4.98 Å². The van der Waals surface area contributed by atoms with E-state index in [0.29, 0.717) is 5.56 Å². The Balaban J connectivity index is 0.00000156. The van der Waals surface area contributed by atoms with Crippen molar-refractivity contribution < 1.29 is 24.5 Å². The molecule has 23 heavy (non-hydrogen) atoms. The number of rotatable bonds is 0. The summed E-state index contributed by atoms with van der Waals surface area (Å²) in [4.78, 5) is 4.58. The van der Waals surface area contributed by atoms with Gasteiger partial charge in [0, 0.05) is 37.4 Å². The number of hydrogen-bond acceptors (Lipinski definition) is 1. The van der Waals surface area contributed by atoms with E-state index in [9.17, 15) is 4.39 Å². The number of nitrogens with zero attached hydrogens (tertiary/aromatic N) is 1. The molecule has 119 valence electrons. The second-order valence-corrected chi connectivity index (χ2v) is 6.59. The maximum Gasteiger partial charge on any atom is 0.103 e. The molecule has 0 spiro atoms. The zero-order valence-corrected chi connectivity index (χ0v) is 15.7. The molecule has 2 aromatic carbocycles. The largest absolute Gasteiger partial charge is 0.269 e. The molecule has 0 saturated heterocycles. The molecule has 1 radical (unpaired) electrons. The third-order valence-electron chi connectivity index (χ3n) is 4.92. The first-order chi connectivity index (χ1) is 10.4. The van der Waals surface area contributed by atoms with E-state index in [2.05, 4.69) is 44.8 Å². The maximum atomic E-state index is 14.6. The van der Waals surface area contributed by atoms with Gasteiger partial charge in [0.25, 0.3) is 0 Å². The number of fused-ring (bicyclic) bond motifs is 2. The number of aromatic nitrogens is 1. The summed E-state index contributed by atoms with van der Waals surface area (Å²) in [6.45, 7) is 10.4. The molecule has 0 bridgehead atoms. The minimum absolute atomic E-state index is 0.